The van der Waals surface area contributed by atoms with Crippen molar-refractivity contribution in [1.29, 1.82) is 0 Å². The smallest absolute Gasteiger partial charge is 0.250 e. The highest BCUT2D eigenvalue weighted by molar-refractivity contribution is 5.81. The van der Waals surface area contributed by atoms with E-state index in [2.05, 4.69) is 22.8 Å². The number of nitrogens with one attached hydrogen (secondary N) is 2. The second kappa shape index (κ2) is 7.57. The SMILES string of the molecule is O=C(NCCCC(=O)N1Cc2ccccc2C1)C1CNCCO1. The second-order valence-electron chi connectivity index (χ2n) is 5.98. The number of amides is 2. The molecular weight excluding hydrogens is 294 g/mol. The first-order valence-corrected chi connectivity index (χ1v) is 8.18. The molecule has 1 aromatic rings. The van der Waals surface area contributed by atoms with Crippen molar-refractivity contribution in [3.05, 3.63) is 35.4 Å². The van der Waals surface area contributed by atoms with Crippen LogP contribution in [0, 0.1) is 0 Å². The number of rotatable bonds is 5. The number of benzene rings is 1. The maximum absolute atomic E-state index is 12.2. The number of hydrogen-bond acceptors (Lipinski definition) is 4. The summed E-state index contributed by atoms with van der Waals surface area (Å²) in [6, 6.07) is 8.15. The number of ether oxygens (including phenoxy) is 1. The fraction of sp³-hybridized carbons (Fsp3) is 0.529. The van der Waals surface area contributed by atoms with Crippen LogP contribution in [0.25, 0.3) is 0 Å². The molecule has 1 saturated heterocycles. The number of carbonyl (C=O) groups is 2. The molecule has 6 heteroatoms. The largest absolute Gasteiger partial charge is 0.366 e. The van der Waals surface area contributed by atoms with Crippen molar-refractivity contribution in [1.82, 2.24) is 15.5 Å². The maximum Gasteiger partial charge on any atom is 0.250 e. The quantitative estimate of drug-likeness (QED) is 0.772. The summed E-state index contributed by atoms with van der Waals surface area (Å²) in [6.45, 7) is 3.80. The van der Waals surface area contributed by atoms with E-state index in [1.165, 1.54) is 11.1 Å². The molecule has 1 unspecified atom stereocenters. The molecule has 1 aromatic carbocycles. The van der Waals surface area contributed by atoms with Crippen LogP contribution in [0.1, 0.15) is 24.0 Å². The molecule has 2 aliphatic heterocycles. The Morgan fingerprint density at radius 3 is 2.65 bits per heavy atom. The van der Waals surface area contributed by atoms with E-state index in [9.17, 15) is 9.59 Å². The number of carbonyl (C=O) groups excluding carboxylic acids is 2. The van der Waals surface area contributed by atoms with Gasteiger partial charge in [-0.05, 0) is 17.5 Å². The monoisotopic (exact) mass is 317 g/mol. The van der Waals surface area contributed by atoms with Gasteiger partial charge in [-0.25, -0.2) is 0 Å². The Labute approximate surface area is 136 Å². The van der Waals surface area contributed by atoms with Crippen molar-refractivity contribution < 1.29 is 14.3 Å². The third kappa shape index (κ3) is 4.09. The van der Waals surface area contributed by atoms with Gasteiger partial charge in [0.1, 0.15) is 6.10 Å². The zero-order chi connectivity index (χ0) is 16.1. The summed E-state index contributed by atoms with van der Waals surface area (Å²) < 4.78 is 5.39. The fourth-order valence-electron chi connectivity index (χ4n) is 2.97. The average molecular weight is 317 g/mol. The van der Waals surface area contributed by atoms with Crippen LogP contribution in [-0.2, 0) is 27.4 Å². The van der Waals surface area contributed by atoms with Crippen LogP contribution in [0.2, 0.25) is 0 Å². The second-order valence-corrected chi connectivity index (χ2v) is 5.98. The molecule has 0 radical (unpaired) electrons. The van der Waals surface area contributed by atoms with Crippen LogP contribution >= 0.6 is 0 Å². The molecule has 3 rings (SSSR count). The number of morpholine rings is 1. The highest BCUT2D eigenvalue weighted by Crippen LogP contribution is 2.22. The Morgan fingerprint density at radius 2 is 2.00 bits per heavy atom. The first kappa shape index (κ1) is 16.0. The van der Waals surface area contributed by atoms with E-state index >= 15 is 0 Å². The molecule has 23 heavy (non-hydrogen) atoms. The summed E-state index contributed by atoms with van der Waals surface area (Å²) in [7, 11) is 0. The van der Waals surface area contributed by atoms with E-state index < -0.39 is 6.10 Å². The van der Waals surface area contributed by atoms with Gasteiger partial charge in [0, 0.05) is 39.1 Å². The topological polar surface area (TPSA) is 70.7 Å². The van der Waals surface area contributed by atoms with Gasteiger partial charge in [0.15, 0.2) is 0 Å². The Bertz CT molecular complexity index is 545. The van der Waals surface area contributed by atoms with Gasteiger partial charge in [0.25, 0.3) is 0 Å². The Morgan fingerprint density at radius 1 is 1.26 bits per heavy atom. The maximum atomic E-state index is 12.2. The number of fused-ring (bicyclic) bond motifs is 1. The molecule has 2 amide bonds. The van der Waals surface area contributed by atoms with Crippen molar-refractivity contribution in [2.75, 3.05) is 26.2 Å². The Kier molecular flexibility index (Phi) is 5.25. The molecule has 0 bridgehead atoms. The van der Waals surface area contributed by atoms with E-state index in [-0.39, 0.29) is 11.8 Å². The van der Waals surface area contributed by atoms with Crippen molar-refractivity contribution in [2.45, 2.75) is 32.0 Å². The van der Waals surface area contributed by atoms with Crippen LogP contribution < -0.4 is 10.6 Å². The van der Waals surface area contributed by atoms with Gasteiger partial charge in [-0.3, -0.25) is 9.59 Å². The van der Waals surface area contributed by atoms with Crippen molar-refractivity contribution in [2.24, 2.45) is 0 Å². The molecule has 0 aliphatic carbocycles. The average Bonchev–Trinajstić information content (AvgIpc) is 3.03. The Hall–Kier alpha value is -1.92. The first-order valence-electron chi connectivity index (χ1n) is 8.18. The summed E-state index contributed by atoms with van der Waals surface area (Å²) in [5.41, 5.74) is 2.47. The van der Waals surface area contributed by atoms with Crippen molar-refractivity contribution in [3.8, 4) is 0 Å². The van der Waals surface area contributed by atoms with Crippen LogP contribution in [0.4, 0.5) is 0 Å². The minimum absolute atomic E-state index is 0.0989. The molecule has 6 nitrogen and oxygen atoms in total. The van der Waals surface area contributed by atoms with E-state index in [4.69, 9.17) is 4.74 Å². The molecule has 1 atom stereocenters. The minimum atomic E-state index is -0.410. The van der Waals surface area contributed by atoms with Gasteiger partial charge in [-0.2, -0.15) is 0 Å². The fourth-order valence-corrected chi connectivity index (χ4v) is 2.97. The van der Waals surface area contributed by atoms with E-state index in [1.54, 1.807) is 0 Å². The van der Waals surface area contributed by atoms with E-state index in [1.807, 2.05) is 17.0 Å². The Balaban J connectivity index is 1.35. The van der Waals surface area contributed by atoms with Gasteiger partial charge in [-0.15, -0.1) is 0 Å². The van der Waals surface area contributed by atoms with Gasteiger partial charge in [0.2, 0.25) is 11.8 Å². The molecule has 2 aliphatic rings. The molecule has 0 aromatic heterocycles. The van der Waals surface area contributed by atoms with Gasteiger partial charge >= 0.3 is 0 Å². The summed E-state index contributed by atoms with van der Waals surface area (Å²) in [4.78, 5) is 26.0. The van der Waals surface area contributed by atoms with Crippen LogP contribution in [0.5, 0.6) is 0 Å². The predicted molar refractivity (Wildman–Crippen MR) is 85.5 cm³/mol. The minimum Gasteiger partial charge on any atom is -0.366 e. The lowest BCUT2D eigenvalue weighted by Crippen LogP contribution is -2.48. The van der Waals surface area contributed by atoms with Crippen LogP contribution in [-0.4, -0.2) is 49.1 Å². The zero-order valence-electron chi connectivity index (χ0n) is 13.2. The highest BCUT2D eigenvalue weighted by atomic mass is 16.5. The third-order valence-electron chi connectivity index (χ3n) is 4.28. The lowest BCUT2D eigenvalue weighted by atomic mass is 10.1. The summed E-state index contributed by atoms with van der Waals surface area (Å²) in [6.07, 6.45) is 0.697. The molecule has 0 saturated carbocycles. The summed E-state index contributed by atoms with van der Waals surface area (Å²) in [5.74, 6) is 0.0456. The van der Waals surface area contributed by atoms with Crippen LogP contribution in [0.15, 0.2) is 24.3 Å². The molecule has 1 fully saturated rings. The zero-order valence-corrected chi connectivity index (χ0v) is 13.2. The first-order chi connectivity index (χ1) is 11.2. The lowest BCUT2D eigenvalue weighted by molar-refractivity contribution is -0.135. The molecular formula is C17H23N3O3. The summed E-state index contributed by atoms with van der Waals surface area (Å²) >= 11 is 0. The number of hydrogen-bond donors (Lipinski definition) is 2. The molecule has 2 heterocycles. The summed E-state index contributed by atoms with van der Waals surface area (Å²) in [5, 5.41) is 5.96. The van der Waals surface area contributed by atoms with Gasteiger partial charge in [0.05, 0.1) is 6.61 Å². The van der Waals surface area contributed by atoms with Gasteiger partial charge < -0.3 is 20.3 Å². The predicted octanol–water partition coefficient (Wildman–Crippen LogP) is 0.414. The van der Waals surface area contributed by atoms with E-state index in [0.717, 1.165) is 6.54 Å². The van der Waals surface area contributed by atoms with Crippen LogP contribution in [0.3, 0.4) is 0 Å². The lowest BCUT2D eigenvalue weighted by Gasteiger charge is -2.22. The molecule has 124 valence electrons. The van der Waals surface area contributed by atoms with Crippen molar-refractivity contribution >= 4 is 11.8 Å². The normalized spacial score (nSPS) is 20.2. The third-order valence-corrected chi connectivity index (χ3v) is 4.28. The molecule has 2 N–H and O–H groups in total. The highest BCUT2D eigenvalue weighted by Gasteiger charge is 2.23. The number of nitrogens with zero attached hydrogens (tertiary/aromatic N) is 1. The molecule has 0 spiro atoms. The van der Waals surface area contributed by atoms with Crippen molar-refractivity contribution in [3.63, 3.8) is 0 Å². The van der Waals surface area contributed by atoms with E-state index in [0.29, 0.717) is 45.6 Å². The standard InChI is InChI=1S/C17H23N3O3/c21-16(20-11-13-4-1-2-5-14(13)12-20)6-3-7-19-17(22)15-10-18-8-9-23-15/h1-2,4-5,15,18H,3,6-12H2,(H,19,22). The van der Waals surface area contributed by atoms with Gasteiger partial charge in [-0.1, -0.05) is 24.3 Å².